The van der Waals surface area contributed by atoms with Crippen LogP contribution in [0.2, 0.25) is 0 Å². The van der Waals surface area contributed by atoms with Crippen LogP contribution in [0.25, 0.3) is 0 Å². The van der Waals surface area contributed by atoms with Crippen molar-refractivity contribution in [3.05, 3.63) is 0 Å². The Bertz CT molecular complexity index is 237. The number of aliphatic hydroxyl groups excluding tert-OH is 1. The molecule has 1 rings (SSSR count). The summed E-state index contributed by atoms with van der Waals surface area (Å²) in [5, 5.41) is 8.62. The Labute approximate surface area is 92.1 Å². The minimum absolute atomic E-state index is 0.329. The third-order valence-electron chi connectivity index (χ3n) is 3.10. The van der Waals surface area contributed by atoms with E-state index in [4.69, 9.17) is 5.11 Å². The van der Waals surface area contributed by atoms with Gasteiger partial charge in [-0.05, 0) is 37.0 Å². The first kappa shape index (κ1) is 12.3. The van der Waals surface area contributed by atoms with Gasteiger partial charge < -0.3 is 5.11 Å². The number of rotatable bonds is 7. The molecule has 1 saturated carbocycles. The zero-order valence-corrected chi connectivity index (χ0v) is 9.24. The van der Waals surface area contributed by atoms with Gasteiger partial charge in [0.15, 0.2) is 6.29 Å². The fourth-order valence-electron chi connectivity index (χ4n) is 2.08. The van der Waals surface area contributed by atoms with Crippen LogP contribution in [-0.4, -0.2) is 18.0 Å². The van der Waals surface area contributed by atoms with Gasteiger partial charge >= 0.3 is 0 Å². The van der Waals surface area contributed by atoms with Crippen LogP contribution in [-0.2, 0) is 4.79 Å². The lowest BCUT2D eigenvalue weighted by molar-refractivity contribution is -0.103. The average Bonchev–Trinajstić information content (AvgIpc) is 2.99. The summed E-state index contributed by atoms with van der Waals surface area (Å²) in [4.78, 5) is 9.94. The van der Waals surface area contributed by atoms with Gasteiger partial charge in [0, 0.05) is 13.0 Å². The highest BCUT2D eigenvalue weighted by atomic mass is 16.2. The van der Waals surface area contributed by atoms with Gasteiger partial charge in [-0.1, -0.05) is 25.2 Å². The number of unbranched alkanes of at least 4 members (excludes halogenated alkanes) is 2. The zero-order chi connectivity index (χ0) is 10.9. The first-order valence-corrected chi connectivity index (χ1v) is 5.91. The normalized spacial score (nSPS) is 23.0. The van der Waals surface area contributed by atoms with Crippen LogP contribution in [0.5, 0.6) is 0 Å². The Hall–Kier alpha value is -0.810. The van der Waals surface area contributed by atoms with E-state index in [2.05, 4.69) is 11.8 Å². The molecule has 0 heterocycles. The van der Waals surface area contributed by atoms with Gasteiger partial charge in [0.05, 0.1) is 0 Å². The van der Waals surface area contributed by atoms with Crippen molar-refractivity contribution in [2.24, 2.45) is 11.8 Å². The molecule has 1 aliphatic rings. The van der Waals surface area contributed by atoms with E-state index in [9.17, 15) is 4.79 Å². The Morgan fingerprint density at radius 2 is 2.00 bits per heavy atom. The van der Waals surface area contributed by atoms with E-state index in [1.165, 1.54) is 19.3 Å². The fourth-order valence-corrected chi connectivity index (χ4v) is 2.08. The van der Waals surface area contributed by atoms with Gasteiger partial charge in [0.2, 0.25) is 0 Å². The van der Waals surface area contributed by atoms with Crippen LogP contribution >= 0.6 is 0 Å². The molecule has 15 heavy (non-hydrogen) atoms. The van der Waals surface area contributed by atoms with E-state index in [0.717, 1.165) is 37.5 Å². The molecule has 1 N–H and O–H groups in total. The number of aliphatic hydroxyl groups is 1. The molecule has 0 saturated heterocycles. The van der Waals surface area contributed by atoms with Crippen molar-refractivity contribution in [2.75, 3.05) is 6.61 Å². The molecule has 0 aromatic carbocycles. The Kier molecular flexibility index (Phi) is 6.11. The molecule has 2 heteroatoms. The highest BCUT2D eigenvalue weighted by Gasteiger charge is 2.34. The highest BCUT2D eigenvalue weighted by Crippen LogP contribution is 2.45. The first-order valence-electron chi connectivity index (χ1n) is 5.91. The van der Waals surface area contributed by atoms with Crippen molar-refractivity contribution in [2.45, 2.75) is 44.9 Å². The minimum Gasteiger partial charge on any atom is -0.396 e. The maximum atomic E-state index is 9.94. The van der Waals surface area contributed by atoms with Crippen molar-refractivity contribution in [1.29, 1.82) is 0 Å². The third kappa shape index (κ3) is 5.59. The predicted octanol–water partition coefficient (Wildman–Crippen LogP) is 2.16. The maximum absolute atomic E-state index is 9.94. The molecule has 1 aliphatic carbocycles. The van der Waals surface area contributed by atoms with Crippen LogP contribution in [0, 0.1) is 23.7 Å². The van der Waals surface area contributed by atoms with Crippen molar-refractivity contribution in [1.82, 2.24) is 0 Å². The molecule has 2 nitrogen and oxygen atoms in total. The molecule has 0 aromatic rings. The van der Waals surface area contributed by atoms with Crippen LogP contribution in [0.3, 0.4) is 0 Å². The molecule has 0 spiro atoms. The topological polar surface area (TPSA) is 37.3 Å². The molecule has 1 fully saturated rings. The van der Waals surface area contributed by atoms with E-state index >= 15 is 0 Å². The summed E-state index contributed by atoms with van der Waals surface area (Å²) in [5.41, 5.74) is 0. The molecule has 0 aromatic heterocycles. The number of carbonyl (C=O) groups is 1. The Morgan fingerprint density at radius 1 is 1.20 bits per heavy atom. The Balaban J connectivity index is 1.91. The number of carbonyl (C=O) groups excluding carboxylic acids is 1. The first-order chi connectivity index (χ1) is 7.38. The van der Waals surface area contributed by atoms with Crippen LogP contribution in [0.15, 0.2) is 0 Å². The zero-order valence-electron chi connectivity index (χ0n) is 9.24. The number of hydrogen-bond donors (Lipinski definition) is 1. The molecule has 0 radical (unpaired) electrons. The molecule has 0 unspecified atom stereocenters. The van der Waals surface area contributed by atoms with Gasteiger partial charge in [-0.15, -0.1) is 0 Å². The van der Waals surface area contributed by atoms with E-state index in [1.54, 1.807) is 0 Å². The monoisotopic (exact) mass is 208 g/mol. The van der Waals surface area contributed by atoms with Crippen LogP contribution < -0.4 is 0 Å². The number of aldehydes is 1. The second kappa shape index (κ2) is 7.48. The largest absolute Gasteiger partial charge is 0.396 e. The van der Waals surface area contributed by atoms with E-state index in [1.807, 2.05) is 0 Å². The van der Waals surface area contributed by atoms with Crippen LogP contribution in [0.4, 0.5) is 0 Å². The lowest BCUT2D eigenvalue weighted by Gasteiger charge is -1.98. The summed E-state index contributed by atoms with van der Waals surface area (Å²) in [6.07, 6.45) is 8.71. The number of hydrogen-bond acceptors (Lipinski definition) is 2. The summed E-state index contributed by atoms with van der Waals surface area (Å²) >= 11 is 0. The maximum Gasteiger partial charge on any atom is 0.192 e. The highest BCUT2D eigenvalue weighted by molar-refractivity contribution is 5.72. The summed E-state index contributed by atoms with van der Waals surface area (Å²) in [6.45, 7) is 0.329. The third-order valence-corrected chi connectivity index (χ3v) is 3.10. The van der Waals surface area contributed by atoms with Crippen LogP contribution in [0.1, 0.15) is 44.9 Å². The van der Waals surface area contributed by atoms with Crippen molar-refractivity contribution < 1.29 is 9.90 Å². The second-order valence-corrected chi connectivity index (χ2v) is 4.31. The summed E-state index contributed by atoms with van der Waals surface area (Å²) in [7, 11) is 0. The molecule has 84 valence electrons. The molecular formula is C13H20O2. The average molecular weight is 208 g/mol. The minimum atomic E-state index is 0.329. The SMILES string of the molecule is O=CC#CCC[C@@H]1C[C@H]1CCCCCO. The fraction of sp³-hybridized carbons (Fsp3) is 0.769. The second-order valence-electron chi connectivity index (χ2n) is 4.31. The summed E-state index contributed by atoms with van der Waals surface area (Å²) in [6, 6.07) is 0. The van der Waals surface area contributed by atoms with E-state index < -0.39 is 0 Å². The molecule has 2 atom stereocenters. The quantitative estimate of drug-likeness (QED) is 0.395. The standard InChI is InChI=1S/C13H20O2/c14-9-5-1-3-7-12-11-13(12)8-4-2-6-10-15/h10,12-14H,1,3-5,7-9,11H2/t12-,13-/m1/s1. The van der Waals surface area contributed by atoms with Gasteiger partial charge in [-0.3, -0.25) is 4.79 Å². The van der Waals surface area contributed by atoms with Crippen molar-refractivity contribution in [3.8, 4) is 11.8 Å². The van der Waals surface area contributed by atoms with Crippen molar-refractivity contribution in [3.63, 3.8) is 0 Å². The summed E-state index contributed by atoms with van der Waals surface area (Å²) < 4.78 is 0. The van der Waals surface area contributed by atoms with E-state index in [0.29, 0.717) is 12.9 Å². The molecular weight excluding hydrogens is 188 g/mol. The lowest BCUT2D eigenvalue weighted by atomic mass is 10.1. The van der Waals surface area contributed by atoms with E-state index in [-0.39, 0.29) is 0 Å². The predicted molar refractivity (Wildman–Crippen MR) is 60.2 cm³/mol. The molecule has 0 bridgehead atoms. The lowest BCUT2D eigenvalue weighted by Crippen LogP contribution is -1.87. The van der Waals surface area contributed by atoms with Crippen molar-refractivity contribution >= 4 is 6.29 Å². The van der Waals surface area contributed by atoms with Gasteiger partial charge in [-0.25, -0.2) is 0 Å². The van der Waals surface area contributed by atoms with Gasteiger partial charge in [0.1, 0.15) is 0 Å². The molecule has 0 amide bonds. The van der Waals surface area contributed by atoms with Gasteiger partial charge in [-0.2, -0.15) is 0 Å². The summed E-state index contributed by atoms with van der Waals surface area (Å²) in [5.74, 6) is 7.07. The smallest absolute Gasteiger partial charge is 0.192 e. The van der Waals surface area contributed by atoms with Gasteiger partial charge in [0.25, 0.3) is 0 Å². The molecule has 0 aliphatic heterocycles. The Morgan fingerprint density at radius 3 is 2.73 bits per heavy atom.